The van der Waals surface area contributed by atoms with Gasteiger partial charge in [0.05, 0.1) is 5.56 Å². The van der Waals surface area contributed by atoms with Crippen LogP contribution in [0, 0.1) is 5.41 Å². The first-order valence-corrected chi connectivity index (χ1v) is 6.01. The monoisotopic (exact) mass is 315 g/mol. The molecule has 4 nitrogen and oxygen atoms in total. The lowest BCUT2D eigenvalue weighted by atomic mass is 10.2. The van der Waals surface area contributed by atoms with Crippen LogP contribution in [0.25, 0.3) is 0 Å². The Hall–Kier alpha value is -2.28. The van der Waals surface area contributed by atoms with Gasteiger partial charge in [-0.05, 0) is 24.3 Å². The van der Waals surface area contributed by atoms with Crippen molar-refractivity contribution in [1.29, 1.82) is 5.41 Å². The molecule has 1 aromatic carbocycles. The van der Waals surface area contributed by atoms with Crippen molar-refractivity contribution in [3.05, 3.63) is 52.7 Å². The fourth-order valence-electron chi connectivity index (χ4n) is 1.55. The molecular formula is C13H9ClF3N3O. The maximum Gasteiger partial charge on any atom is 0.416 e. The van der Waals surface area contributed by atoms with Crippen molar-refractivity contribution in [1.82, 2.24) is 4.98 Å². The van der Waals surface area contributed by atoms with Gasteiger partial charge in [-0.2, -0.15) is 13.2 Å². The first-order valence-electron chi connectivity index (χ1n) is 5.63. The van der Waals surface area contributed by atoms with E-state index >= 15 is 0 Å². The molecule has 21 heavy (non-hydrogen) atoms. The van der Waals surface area contributed by atoms with Gasteiger partial charge in [0.1, 0.15) is 16.6 Å². The second-order valence-corrected chi connectivity index (χ2v) is 4.40. The molecule has 1 aromatic heterocycles. The second kappa shape index (κ2) is 5.61. The van der Waals surface area contributed by atoms with Crippen molar-refractivity contribution in [2.75, 3.05) is 0 Å². The number of benzene rings is 1. The number of nitrogens with zero attached hydrogens (tertiary/aromatic N) is 1. The van der Waals surface area contributed by atoms with Crippen LogP contribution in [-0.2, 0) is 6.18 Å². The zero-order valence-corrected chi connectivity index (χ0v) is 11.2. The number of nitrogen functional groups attached to an aromatic ring is 1. The molecule has 0 atom stereocenters. The van der Waals surface area contributed by atoms with Crippen LogP contribution in [0.2, 0.25) is 5.02 Å². The normalized spacial score (nSPS) is 11.2. The summed E-state index contributed by atoms with van der Waals surface area (Å²) in [4.78, 5) is 3.82. The molecule has 0 saturated heterocycles. The fourth-order valence-corrected chi connectivity index (χ4v) is 1.80. The van der Waals surface area contributed by atoms with Gasteiger partial charge in [0.15, 0.2) is 0 Å². The van der Waals surface area contributed by atoms with Crippen LogP contribution in [0.15, 0.2) is 36.5 Å². The van der Waals surface area contributed by atoms with E-state index in [1.54, 1.807) is 0 Å². The average molecular weight is 316 g/mol. The molecule has 8 heteroatoms. The molecule has 0 bridgehead atoms. The molecule has 110 valence electrons. The number of nitrogens with two attached hydrogens (primary N) is 1. The Kier molecular flexibility index (Phi) is 4.04. The summed E-state index contributed by atoms with van der Waals surface area (Å²) in [5.74, 6) is -0.486. The Labute approximate surface area is 122 Å². The summed E-state index contributed by atoms with van der Waals surface area (Å²) >= 11 is 5.95. The molecule has 0 aliphatic rings. The highest BCUT2D eigenvalue weighted by Crippen LogP contribution is 2.34. The summed E-state index contributed by atoms with van der Waals surface area (Å²) in [6, 6.07) is 5.71. The van der Waals surface area contributed by atoms with Gasteiger partial charge < -0.3 is 10.5 Å². The molecule has 1 heterocycles. The number of halogens is 4. The zero-order chi connectivity index (χ0) is 15.6. The Morgan fingerprint density at radius 3 is 2.62 bits per heavy atom. The van der Waals surface area contributed by atoms with Crippen molar-refractivity contribution in [2.24, 2.45) is 5.73 Å². The van der Waals surface area contributed by atoms with E-state index in [2.05, 4.69) is 4.98 Å². The van der Waals surface area contributed by atoms with E-state index in [1.807, 2.05) is 0 Å². The molecular weight excluding hydrogens is 307 g/mol. The average Bonchev–Trinajstić information content (AvgIpc) is 2.40. The van der Waals surface area contributed by atoms with Crippen molar-refractivity contribution < 1.29 is 17.9 Å². The smallest absolute Gasteiger partial charge is 0.416 e. The lowest BCUT2D eigenvalue weighted by Crippen LogP contribution is -2.12. The van der Waals surface area contributed by atoms with Gasteiger partial charge >= 0.3 is 6.18 Å². The van der Waals surface area contributed by atoms with Crippen LogP contribution in [0.3, 0.4) is 0 Å². The predicted molar refractivity (Wildman–Crippen MR) is 71.8 cm³/mol. The van der Waals surface area contributed by atoms with Crippen LogP contribution >= 0.6 is 11.6 Å². The van der Waals surface area contributed by atoms with Crippen LogP contribution < -0.4 is 10.5 Å². The van der Waals surface area contributed by atoms with E-state index in [0.29, 0.717) is 0 Å². The summed E-state index contributed by atoms with van der Waals surface area (Å²) in [6.07, 6.45) is -3.18. The molecule has 0 spiro atoms. The molecule has 2 aromatic rings. The molecule has 0 radical (unpaired) electrons. The largest absolute Gasteiger partial charge is 0.438 e. The van der Waals surface area contributed by atoms with Gasteiger partial charge in [-0.15, -0.1) is 0 Å². The number of hydrogen-bond acceptors (Lipinski definition) is 3. The molecule has 0 unspecified atom stereocenters. The molecule has 0 saturated carbocycles. The van der Waals surface area contributed by atoms with Crippen LogP contribution in [-0.4, -0.2) is 10.8 Å². The Morgan fingerprint density at radius 1 is 1.29 bits per heavy atom. The molecule has 0 fully saturated rings. The number of hydrogen-bond donors (Lipinski definition) is 2. The van der Waals surface area contributed by atoms with Gasteiger partial charge in [-0.1, -0.05) is 17.7 Å². The van der Waals surface area contributed by atoms with Crippen molar-refractivity contribution >= 4 is 17.4 Å². The SMILES string of the molecule is N=C(N)c1ccnc(Oc2cccc(C(F)(F)F)c2)c1Cl. The third-order valence-electron chi connectivity index (χ3n) is 2.52. The summed E-state index contributed by atoms with van der Waals surface area (Å²) in [5, 5.41) is 7.29. The Balaban J connectivity index is 2.35. The van der Waals surface area contributed by atoms with E-state index in [4.69, 9.17) is 27.5 Å². The van der Waals surface area contributed by atoms with E-state index in [9.17, 15) is 13.2 Å². The van der Waals surface area contributed by atoms with Crippen LogP contribution in [0.1, 0.15) is 11.1 Å². The standard InChI is InChI=1S/C13H9ClF3N3O/c14-10-9(11(18)19)4-5-20-12(10)21-8-3-1-2-7(6-8)13(15,16)17/h1-6H,(H3,18,19). The molecule has 2 rings (SSSR count). The summed E-state index contributed by atoms with van der Waals surface area (Å²) in [5.41, 5.74) is 4.67. The van der Waals surface area contributed by atoms with E-state index in [-0.39, 0.29) is 28.1 Å². The first-order chi connectivity index (χ1) is 9.79. The lowest BCUT2D eigenvalue weighted by Gasteiger charge is -2.11. The number of pyridine rings is 1. The van der Waals surface area contributed by atoms with Gasteiger partial charge in [-0.3, -0.25) is 5.41 Å². The van der Waals surface area contributed by atoms with E-state index in [0.717, 1.165) is 12.1 Å². The van der Waals surface area contributed by atoms with Crippen molar-refractivity contribution in [2.45, 2.75) is 6.18 Å². The number of ether oxygens (including phenoxy) is 1. The maximum atomic E-state index is 12.6. The van der Waals surface area contributed by atoms with Crippen molar-refractivity contribution in [3.8, 4) is 11.6 Å². The fraction of sp³-hybridized carbons (Fsp3) is 0.0769. The highest BCUT2D eigenvalue weighted by molar-refractivity contribution is 6.35. The van der Waals surface area contributed by atoms with E-state index in [1.165, 1.54) is 24.4 Å². The van der Waals surface area contributed by atoms with E-state index < -0.39 is 11.7 Å². The molecule has 0 aliphatic heterocycles. The number of amidine groups is 1. The third kappa shape index (κ3) is 3.43. The Morgan fingerprint density at radius 2 is 2.00 bits per heavy atom. The first kappa shape index (κ1) is 15.1. The van der Waals surface area contributed by atoms with Gasteiger partial charge in [0.2, 0.25) is 5.88 Å². The highest BCUT2D eigenvalue weighted by atomic mass is 35.5. The van der Waals surface area contributed by atoms with Gasteiger partial charge in [0.25, 0.3) is 0 Å². The topological polar surface area (TPSA) is 72.0 Å². The van der Waals surface area contributed by atoms with Crippen LogP contribution in [0.5, 0.6) is 11.6 Å². The summed E-state index contributed by atoms with van der Waals surface area (Å²) < 4.78 is 43.1. The third-order valence-corrected chi connectivity index (χ3v) is 2.89. The minimum atomic E-state index is -4.47. The summed E-state index contributed by atoms with van der Waals surface area (Å²) in [6.45, 7) is 0. The maximum absolute atomic E-state index is 12.6. The zero-order valence-electron chi connectivity index (χ0n) is 10.4. The van der Waals surface area contributed by atoms with Crippen molar-refractivity contribution in [3.63, 3.8) is 0 Å². The van der Waals surface area contributed by atoms with Gasteiger partial charge in [-0.25, -0.2) is 4.98 Å². The number of alkyl halides is 3. The molecule has 0 amide bonds. The molecule has 3 N–H and O–H groups in total. The predicted octanol–water partition coefficient (Wildman–Crippen LogP) is 3.83. The number of rotatable bonds is 3. The lowest BCUT2D eigenvalue weighted by molar-refractivity contribution is -0.137. The molecule has 0 aliphatic carbocycles. The number of aromatic nitrogens is 1. The van der Waals surface area contributed by atoms with Gasteiger partial charge in [0, 0.05) is 11.8 Å². The Bertz CT molecular complexity index is 689. The minimum Gasteiger partial charge on any atom is -0.438 e. The minimum absolute atomic E-state index is 0.0394. The highest BCUT2D eigenvalue weighted by Gasteiger charge is 2.30. The second-order valence-electron chi connectivity index (χ2n) is 4.02. The van der Waals surface area contributed by atoms with Crippen LogP contribution in [0.4, 0.5) is 13.2 Å². The summed E-state index contributed by atoms with van der Waals surface area (Å²) in [7, 11) is 0. The number of nitrogens with one attached hydrogen (secondary N) is 1. The quantitative estimate of drug-likeness (QED) is 0.668.